The molecular weight excluding hydrogens is 444 g/mol. The van der Waals surface area contributed by atoms with E-state index in [0.29, 0.717) is 5.56 Å². The first kappa shape index (κ1) is 24.3. The summed E-state index contributed by atoms with van der Waals surface area (Å²) >= 11 is 0. The van der Waals surface area contributed by atoms with E-state index in [-0.39, 0.29) is 49.1 Å². The first-order valence-electron chi connectivity index (χ1n) is 10.5. The third kappa shape index (κ3) is 5.53. The number of carbonyl (C=O) groups is 2. The summed E-state index contributed by atoms with van der Waals surface area (Å²) in [6.07, 6.45) is 0.170. The molecule has 2 aromatic rings. The quantitative estimate of drug-likeness (QED) is 0.365. The Balaban J connectivity index is 1.83. The minimum atomic E-state index is -3.98. The lowest BCUT2D eigenvalue weighted by Gasteiger charge is -2.39. The van der Waals surface area contributed by atoms with Crippen molar-refractivity contribution in [3.63, 3.8) is 0 Å². The molecule has 1 heterocycles. The van der Waals surface area contributed by atoms with Gasteiger partial charge in [0.25, 0.3) is 11.8 Å². The van der Waals surface area contributed by atoms with E-state index in [1.807, 2.05) is 6.07 Å². The van der Waals surface area contributed by atoms with Crippen LogP contribution in [0.15, 0.2) is 59.5 Å². The summed E-state index contributed by atoms with van der Waals surface area (Å²) in [7, 11) is -3.98. The number of rotatable bonds is 7. The molecule has 0 spiro atoms. The summed E-state index contributed by atoms with van der Waals surface area (Å²) in [5.41, 5.74) is 0.753. The molecule has 2 aromatic carbocycles. The van der Waals surface area contributed by atoms with Crippen LogP contribution in [0.4, 0.5) is 0 Å². The van der Waals surface area contributed by atoms with Crippen LogP contribution in [0.2, 0.25) is 0 Å². The van der Waals surface area contributed by atoms with Gasteiger partial charge in [-0.1, -0.05) is 36.3 Å². The number of nitrogens with zero attached hydrogens (tertiary/aromatic N) is 1. The second kappa shape index (κ2) is 10.5. The second-order valence-corrected chi connectivity index (χ2v) is 9.76. The molecule has 3 rings (SSSR count). The maximum absolute atomic E-state index is 13.4. The van der Waals surface area contributed by atoms with Gasteiger partial charge in [-0.25, -0.2) is 13.9 Å². The molecule has 0 saturated carbocycles. The fourth-order valence-electron chi connectivity index (χ4n) is 3.91. The first-order valence-corrected chi connectivity index (χ1v) is 12.1. The Morgan fingerprint density at radius 2 is 1.73 bits per heavy atom. The third-order valence-electron chi connectivity index (χ3n) is 5.74. The molecule has 1 aliphatic heterocycles. The van der Waals surface area contributed by atoms with E-state index in [0.717, 1.165) is 0 Å². The highest BCUT2D eigenvalue weighted by Crippen LogP contribution is 2.37. The molecule has 0 aliphatic carbocycles. The van der Waals surface area contributed by atoms with Gasteiger partial charge in [0.05, 0.1) is 11.2 Å². The summed E-state index contributed by atoms with van der Waals surface area (Å²) in [5.74, 6) is 4.05. The van der Waals surface area contributed by atoms with E-state index < -0.39 is 26.9 Å². The zero-order valence-corrected chi connectivity index (χ0v) is 19.1. The van der Waals surface area contributed by atoms with Crippen LogP contribution in [0.3, 0.4) is 0 Å². The van der Waals surface area contributed by atoms with E-state index in [1.54, 1.807) is 53.7 Å². The van der Waals surface area contributed by atoms with Gasteiger partial charge < -0.3 is 9.64 Å². The maximum Gasteiger partial charge on any atom is 0.253 e. The monoisotopic (exact) mass is 470 g/mol. The number of likely N-dealkylation sites (tertiary alicyclic amines) is 1. The van der Waals surface area contributed by atoms with Gasteiger partial charge in [-0.05, 0) is 44.0 Å². The van der Waals surface area contributed by atoms with Gasteiger partial charge >= 0.3 is 0 Å². The Kier molecular flexibility index (Phi) is 7.74. The minimum absolute atomic E-state index is 0.0296. The van der Waals surface area contributed by atoms with Crippen LogP contribution >= 0.6 is 0 Å². The Morgan fingerprint density at radius 3 is 2.36 bits per heavy atom. The van der Waals surface area contributed by atoms with Crippen molar-refractivity contribution >= 4 is 21.7 Å². The van der Waals surface area contributed by atoms with Gasteiger partial charge in [0.1, 0.15) is 17.3 Å². The van der Waals surface area contributed by atoms with E-state index in [1.165, 1.54) is 12.1 Å². The number of amides is 2. The number of benzene rings is 2. The van der Waals surface area contributed by atoms with Crippen LogP contribution < -0.4 is 10.2 Å². The zero-order chi connectivity index (χ0) is 23.9. The van der Waals surface area contributed by atoms with Crippen LogP contribution in [0.25, 0.3) is 0 Å². The zero-order valence-electron chi connectivity index (χ0n) is 18.3. The lowest BCUT2D eigenvalue weighted by molar-refractivity contribution is -0.141. The van der Waals surface area contributed by atoms with Crippen molar-refractivity contribution in [2.45, 2.75) is 24.7 Å². The molecule has 0 radical (unpaired) electrons. The highest BCUT2D eigenvalue weighted by Gasteiger charge is 2.46. The summed E-state index contributed by atoms with van der Waals surface area (Å²) < 4.78 is 32.2. The van der Waals surface area contributed by atoms with Crippen molar-refractivity contribution < 1.29 is 28.0 Å². The van der Waals surface area contributed by atoms with E-state index >= 15 is 0 Å². The molecule has 1 saturated heterocycles. The molecule has 2 amide bonds. The Morgan fingerprint density at radius 1 is 1.09 bits per heavy atom. The number of carbonyl (C=O) groups excluding carboxylic acids is 2. The first-order chi connectivity index (χ1) is 15.8. The third-order valence-corrected chi connectivity index (χ3v) is 7.68. The molecule has 2 N–H and O–H groups in total. The average Bonchev–Trinajstić information content (AvgIpc) is 2.84. The lowest BCUT2D eigenvalue weighted by atomic mass is 9.79. The van der Waals surface area contributed by atoms with Crippen molar-refractivity contribution in [1.29, 1.82) is 0 Å². The lowest BCUT2D eigenvalue weighted by Crippen LogP contribution is -2.52. The summed E-state index contributed by atoms with van der Waals surface area (Å²) in [6, 6.07) is 14.9. The van der Waals surface area contributed by atoms with Crippen molar-refractivity contribution in [3.05, 3.63) is 60.2 Å². The number of para-hydroxylation sites is 1. The van der Waals surface area contributed by atoms with Crippen molar-refractivity contribution in [3.8, 4) is 17.6 Å². The van der Waals surface area contributed by atoms with Gasteiger partial charge in [0, 0.05) is 18.7 Å². The van der Waals surface area contributed by atoms with Gasteiger partial charge in [-0.2, -0.15) is 0 Å². The van der Waals surface area contributed by atoms with E-state index in [2.05, 4.69) is 11.8 Å². The predicted octanol–water partition coefficient (Wildman–Crippen LogP) is 2.29. The molecule has 1 fully saturated rings. The van der Waals surface area contributed by atoms with Gasteiger partial charge in [-0.3, -0.25) is 14.8 Å². The number of hydroxylamine groups is 1. The smallest absolute Gasteiger partial charge is 0.253 e. The van der Waals surface area contributed by atoms with Gasteiger partial charge in [-0.15, -0.1) is 5.92 Å². The van der Waals surface area contributed by atoms with E-state index in [9.17, 15) is 23.2 Å². The van der Waals surface area contributed by atoms with Crippen molar-refractivity contribution in [2.24, 2.45) is 5.41 Å². The molecule has 9 heteroatoms. The Hall–Kier alpha value is -3.35. The molecule has 0 unspecified atom stereocenters. The molecule has 1 aliphatic rings. The highest BCUT2D eigenvalue weighted by atomic mass is 32.2. The van der Waals surface area contributed by atoms with Gasteiger partial charge in [0.15, 0.2) is 9.84 Å². The number of hydrogen-bond donors (Lipinski definition) is 2. The number of piperidine rings is 1. The van der Waals surface area contributed by atoms with Crippen molar-refractivity contribution in [1.82, 2.24) is 10.4 Å². The fraction of sp³-hybridized carbons (Fsp3) is 0.333. The molecule has 0 bridgehead atoms. The average molecular weight is 471 g/mol. The van der Waals surface area contributed by atoms with Crippen LogP contribution in [0.1, 0.15) is 30.1 Å². The number of sulfone groups is 1. The SMILES string of the molecule is CC#CCOc1ccccc1S(=O)(=O)CC1(C(=O)NO)CCN(C(=O)c2ccccc2)CC1. The minimum Gasteiger partial charge on any atom is -0.480 e. The van der Waals surface area contributed by atoms with Crippen LogP contribution in [0, 0.1) is 17.3 Å². The topological polar surface area (TPSA) is 113 Å². The van der Waals surface area contributed by atoms with Gasteiger partial charge in [0.2, 0.25) is 0 Å². The predicted molar refractivity (Wildman–Crippen MR) is 121 cm³/mol. The summed E-state index contributed by atoms with van der Waals surface area (Å²) in [6.45, 7) is 2.04. The largest absolute Gasteiger partial charge is 0.480 e. The molecule has 174 valence electrons. The fourth-order valence-corrected chi connectivity index (χ4v) is 5.93. The summed E-state index contributed by atoms with van der Waals surface area (Å²) in [4.78, 5) is 27.0. The number of nitrogens with one attached hydrogen (secondary N) is 1. The molecule has 0 atom stereocenters. The Labute approximate surface area is 193 Å². The van der Waals surface area contributed by atoms with Crippen LogP contribution in [0.5, 0.6) is 5.75 Å². The number of hydrogen-bond acceptors (Lipinski definition) is 6. The molecular formula is C24H26N2O6S. The van der Waals surface area contributed by atoms with E-state index in [4.69, 9.17) is 4.74 Å². The molecule has 0 aromatic heterocycles. The van der Waals surface area contributed by atoms with Crippen LogP contribution in [-0.4, -0.2) is 55.8 Å². The Bertz CT molecular complexity index is 1160. The highest BCUT2D eigenvalue weighted by molar-refractivity contribution is 7.91. The summed E-state index contributed by atoms with van der Waals surface area (Å²) in [5, 5.41) is 9.36. The van der Waals surface area contributed by atoms with Crippen molar-refractivity contribution in [2.75, 3.05) is 25.4 Å². The normalized spacial score (nSPS) is 15.2. The second-order valence-electron chi connectivity index (χ2n) is 7.80. The van der Waals surface area contributed by atoms with Crippen LogP contribution in [-0.2, 0) is 14.6 Å². The number of ether oxygens (including phenoxy) is 1. The molecule has 33 heavy (non-hydrogen) atoms. The standard InChI is InChI=1S/C24H26N2O6S/c1-2-3-17-32-20-11-7-8-12-21(20)33(30,31)18-24(23(28)25-29)13-15-26(16-14-24)22(27)19-9-5-4-6-10-19/h4-12,29H,13-18H2,1H3,(H,25,28). The maximum atomic E-state index is 13.4. The molecule has 8 nitrogen and oxygen atoms in total.